The molecule has 110 valence electrons. The summed E-state index contributed by atoms with van der Waals surface area (Å²) in [5.41, 5.74) is 0.216. The number of rotatable bonds is 5. The van der Waals surface area contributed by atoms with E-state index in [-0.39, 0.29) is 22.8 Å². The Morgan fingerprint density at radius 2 is 2.24 bits per heavy atom. The first kappa shape index (κ1) is 15.4. The molecule has 0 bridgehead atoms. The van der Waals surface area contributed by atoms with Gasteiger partial charge in [-0.2, -0.15) is 11.3 Å². The number of carbonyl (C=O) groups is 1. The van der Waals surface area contributed by atoms with E-state index in [4.69, 9.17) is 11.6 Å². The third-order valence-electron chi connectivity index (χ3n) is 2.78. The number of aliphatic hydroxyl groups is 1. The lowest BCUT2D eigenvalue weighted by atomic mass is 10.1. The molecule has 2 aromatic rings. The van der Waals surface area contributed by atoms with Crippen molar-refractivity contribution in [2.75, 3.05) is 6.54 Å². The van der Waals surface area contributed by atoms with Gasteiger partial charge in [-0.15, -0.1) is 0 Å². The zero-order valence-corrected chi connectivity index (χ0v) is 12.2. The Labute approximate surface area is 129 Å². The Balaban J connectivity index is 2.10. The van der Waals surface area contributed by atoms with Crippen LogP contribution in [0, 0.1) is 10.1 Å². The molecule has 2 rings (SSSR count). The van der Waals surface area contributed by atoms with Gasteiger partial charge in [0.25, 0.3) is 11.6 Å². The topological polar surface area (TPSA) is 92.5 Å². The maximum atomic E-state index is 12.0. The molecule has 1 amide bonds. The standard InChI is InChI=1S/C13H11ClN2O4S/c14-9-1-2-11(16(19)20)10(5-9)13(18)15-6-12(17)8-3-4-21-7-8/h1-5,7,12,17H,6H2,(H,15,18)/t12-/m0/s1. The minimum Gasteiger partial charge on any atom is -0.387 e. The van der Waals surface area contributed by atoms with Crippen molar-refractivity contribution in [1.82, 2.24) is 5.32 Å². The van der Waals surface area contributed by atoms with Crippen LogP contribution in [0.4, 0.5) is 5.69 Å². The quantitative estimate of drug-likeness (QED) is 0.652. The molecule has 0 spiro atoms. The summed E-state index contributed by atoms with van der Waals surface area (Å²) in [7, 11) is 0. The van der Waals surface area contributed by atoms with Crippen molar-refractivity contribution in [2.45, 2.75) is 6.10 Å². The van der Waals surface area contributed by atoms with E-state index in [2.05, 4.69) is 5.32 Å². The van der Waals surface area contributed by atoms with E-state index < -0.39 is 16.9 Å². The summed E-state index contributed by atoms with van der Waals surface area (Å²) in [5.74, 6) is -0.654. The number of nitro benzene ring substituents is 1. The fraction of sp³-hybridized carbons (Fsp3) is 0.154. The summed E-state index contributed by atoms with van der Waals surface area (Å²) in [5, 5.41) is 27.0. The molecule has 0 radical (unpaired) electrons. The first-order valence-corrected chi connectivity index (χ1v) is 7.23. The molecule has 0 unspecified atom stereocenters. The number of amides is 1. The summed E-state index contributed by atoms with van der Waals surface area (Å²) in [6.07, 6.45) is -0.863. The number of carbonyl (C=O) groups excluding carboxylic acids is 1. The van der Waals surface area contributed by atoms with Gasteiger partial charge < -0.3 is 10.4 Å². The lowest BCUT2D eigenvalue weighted by Crippen LogP contribution is -2.28. The van der Waals surface area contributed by atoms with E-state index in [9.17, 15) is 20.0 Å². The molecule has 0 aliphatic heterocycles. The molecule has 1 aromatic heterocycles. The molecule has 1 heterocycles. The van der Waals surface area contributed by atoms with Crippen molar-refractivity contribution in [3.8, 4) is 0 Å². The average Bonchev–Trinajstić information content (AvgIpc) is 2.98. The van der Waals surface area contributed by atoms with Gasteiger partial charge in [0.2, 0.25) is 0 Å². The van der Waals surface area contributed by atoms with Crippen LogP contribution in [0.25, 0.3) is 0 Å². The zero-order valence-electron chi connectivity index (χ0n) is 10.7. The highest BCUT2D eigenvalue weighted by Gasteiger charge is 2.21. The molecule has 0 fully saturated rings. The minimum atomic E-state index is -0.863. The van der Waals surface area contributed by atoms with Gasteiger partial charge in [-0.3, -0.25) is 14.9 Å². The highest BCUT2D eigenvalue weighted by Crippen LogP contribution is 2.23. The van der Waals surface area contributed by atoms with E-state index in [1.54, 1.807) is 11.4 Å². The minimum absolute atomic E-state index is 0.0424. The monoisotopic (exact) mass is 326 g/mol. The maximum Gasteiger partial charge on any atom is 0.282 e. The third kappa shape index (κ3) is 3.78. The number of nitrogens with one attached hydrogen (secondary N) is 1. The molecule has 0 aliphatic carbocycles. The lowest BCUT2D eigenvalue weighted by molar-refractivity contribution is -0.385. The summed E-state index contributed by atoms with van der Waals surface area (Å²) in [6.45, 7) is -0.0424. The first-order chi connectivity index (χ1) is 9.99. The third-order valence-corrected chi connectivity index (χ3v) is 3.72. The van der Waals surface area contributed by atoms with Crippen molar-refractivity contribution < 1.29 is 14.8 Å². The first-order valence-electron chi connectivity index (χ1n) is 5.91. The van der Waals surface area contributed by atoms with Gasteiger partial charge >= 0.3 is 0 Å². The van der Waals surface area contributed by atoms with Gasteiger partial charge in [-0.05, 0) is 34.5 Å². The summed E-state index contributed by atoms with van der Waals surface area (Å²) in [6, 6.07) is 5.48. The van der Waals surface area contributed by atoms with Crippen LogP contribution < -0.4 is 5.32 Å². The highest BCUT2D eigenvalue weighted by atomic mass is 35.5. The number of nitro groups is 1. The molecule has 0 saturated heterocycles. The molecule has 0 saturated carbocycles. The normalized spacial score (nSPS) is 11.9. The second-order valence-corrected chi connectivity index (χ2v) is 5.42. The predicted molar refractivity (Wildman–Crippen MR) is 79.7 cm³/mol. The fourth-order valence-electron chi connectivity index (χ4n) is 1.72. The van der Waals surface area contributed by atoms with Crippen LogP contribution in [0.3, 0.4) is 0 Å². The van der Waals surface area contributed by atoms with Crippen LogP contribution in [0.1, 0.15) is 22.0 Å². The number of benzene rings is 1. The Morgan fingerprint density at radius 1 is 1.48 bits per heavy atom. The molecular formula is C13H11ClN2O4S. The van der Waals surface area contributed by atoms with Crippen LogP contribution in [0.15, 0.2) is 35.0 Å². The number of halogens is 1. The largest absolute Gasteiger partial charge is 0.387 e. The number of hydrogen-bond acceptors (Lipinski definition) is 5. The molecule has 8 heteroatoms. The van der Waals surface area contributed by atoms with Crippen LogP contribution in [-0.2, 0) is 0 Å². The average molecular weight is 327 g/mol. The summed E-state index contributed by atoms with van der Waals surface area (Å²) < 4.78 is 0. The van der Waals surface area contributed by atoms with Crippen LogP contribution >= 0.6 is 22.9 Å². The molecule has 1 aromatic carbocycles. The molecule has 2 N–H and O–H groups in total. The van der Waals surface area contributed by atoms with Crippen molar-refractivity contribution in [1.29, 1.82) is 0 Å². The SMILES string of the molecule is O=C(NC[C@H](O)c1ccsc1)c1cc(Cl)ccc1[N+](=O)[O-]. The number of hydrogen-bond donors (Lipinski definition) is 2. The molecule has 6 nitrogen and oxygen atoms in total. The molecule has 1 atom stereocenters. The van der Waals surface area contributed by atoms with Gasteiger partial charge in [-0.1, -0.05) is 11.6 Å². The summed E-state index contributed by atoms with van der Waals surface area (Å²) in [4.78, 5) is 22.3. The summed E-state index contributed by atoms with van der Waals surface area (Å²) >= 11 is 7.19. The lowest BCUT2D eigenvalue weighted by Gasteiger charge is -2.10. The second kappa shape index (κ2) is 6.66. The number of aliphatic hydroxyl groups excluding tert-OH is 1. The smallest absolute Gasteiger partial charge is 0.282 e. The van der Waals surface area contributed by atoms with E-state index in [1.165, 1.54) is 29.5 Å². The Bertz CT molecular complexity index is 660. The molecular weight excluding hydrogens is 316 g/mol. The van der Waals surface area contributed by atoms with Gasteiger partial charge in [-0.25, -0.2) is 0 Å². The number of thiophene rings is 1. The Hall–Kier alpha value is -1.96. The van der Waals surface area contributed by atoms with Gasteiger partial charge in [0.1, 0.15) is 5.56 Å². The molecule has 21 heavy (non-hydrogen) atoms. The van der Waals surface area contributed by atoms with E-state index in [0.29, 0.717) is 5.56 Å². The molecule has 0 aliphatic rings. The van der Waals surface area contributed by atoms with Gasteiger partial charge in [0.15, 0.2) is 0 Å². The highest BCUT2D eigenvalue weighted by molar-refractivity contribution is 7.07. The van der Waals surface area contributed by atoms with Crippen molar-refractivity contribution in [3.05, 3.63) is 61.3 Å². The van der Waals surface area contributed by atoms with E-state index >= 15 is 0 Å². The Morgan fingerprint density at radius 3 is 2.86 bits per heavy atom. The predicted octanol–water partition coefficient (Wildman–Crippen LogP) is 2.77. The van der Waals surface area contributed by atoms with Crippen LogP contribution in [0.5, 0.6) is 0 Å². The second-order valence-electron chi connectivity index (χ2n) is 4.20. The van der Waals surface area contributed by atoms with Gasteiger partial charge in [0.05, 0.1) is 11.0 Å². The van der Waals surface area contributed by atoms with Crippen molar-refractivity contribution >= 4 is 34.5 Å². The fourth-order valence-corrected chi connectivity index (χ4v) is 2.60. The van der Waals surface area contributed by atoms with Crippen molar-refractivity contribution in [3.63, 3.8) is 0 Å². The maximum absolute atomic E-state index is 12.0. The van der Waals surface area contributed by atoms with Gasteiger partial charge in [0, 0.05) is 17.6 Å². The van der Waals surface area contributed by atoms with E-state index in [0.717, 1.165) is 0 Å². The van der Waals surface area contributed by atoms with Crippen LogP contribution in [0.2, 0.25) is 5.02 Å². The van der Waals surface area contributed by atoms with Crippen molar-refractivity contribution in [2.24, 2.45) is 0 Å². The zero-order chi connectivity index (χ0) is 15.4. The van der Waals surface area contributed by atoms with Crippen LogP contribution in [-0.4, -0.2) is 22.5 Å². The Kier molecular flexibility index (Phi) is 4.89. The number of nitrogens with zero attached hydrogens (tertiary/aromatic N) is 1. The van der Waals surface area contributed by atoms with E-state index in [1.807, 2.05) is 5.38 Å².